The zero-order valence-corrected chi connectivity index (χ0v) is 16.1. The zero-order valence-electron chi connectivity index (χ0n) is 16.1. The van der Waals surface area contributed by atoms with Gasteiger partial charge in [0.2, 0.25) is 5.91 Å². The second-order valence-corrected chi connectivity index (χ2v) is 7.81. The number of likely N-dealkylation sites (N-methyl/N-ethyl adjacent to an activating group) is 1. The third-order valence-corrected chi connectivity index (χ3v) is 5.31. The monoisotopic (exact) mass is 366 g/mol. The number of hydrogen-bond donors (Lipinski definition) is 4. The number of carbonyl (C=O) groups is 1. The molecule has 1 heterocycles. The smallest absolute Gasteiger partial charge is 0.239 e. The van der Waals surface area contributed by atoms with Gasteiger partial charge in [-0.15, -0.1) is 0 Å². The van der Waals surface area contributed by atoms with Crippen LogP contribution in [0.5, 0.6) is 0 Å². The van der Waals surface area contributed by atoms with Crippen LogP contribution in [0.3, 0.4) is 0 Å². The lowest BCUT2D eigenvalue weighted by Crippen LogP contribution is -2.62. The molecule has 6 heteroatoms. The van der Waals surface area contributed by atoms with E-state index in [-0.39, 0.29) is 11.9 Å². The van der Waals surface area contributed by atoms with Crippen molar-refractivity contribution in [2.24, 2.45) is 0 Å². The van der Waals surface area contributed by atoms with Crippen molar-refractivity contribution in [1.82, 2.24) is 10.2 Å². The maximum absolute atomic E-state index is 13.2. The lowest BCUT2D eigenvalue weighted by atomic mass is 9.73. The van der Waals surface area contributed by atoms with Crippen molar-refractivity contribution in [2.45, 2.75) is 37.8 Å². The molecular weight excluding hydrogens is 340 g/mol. The van der Waals surface area contributed by atoms with Gasteiger partial charge in [0.05, 0.1) is 17.1 Å². The van der Waals surface area contributed by atoms with E-state index in [2.05, 4.69) is 5.32 Å². The van der Waals surface area contributed by atoms with Crippen LogP contribution in [0.4, 0.5) is 5.69 Å². The summed E-state index contributed by atoms with van der Waals surface area (Å²) in [5.41, 5.74) is 7.21. The molecule has 1 fully saturated rings. The van der Waals surface area contributed by atoms with Gasteiger partial charge in [-0.05, 0) is 49.6 Å². The van der Waals surface area contributed by atoms with Gasteiger partial charge in [-0.3, -0.25) is 15.1 Å². The first kappa shape index (κ1) is 18.9. The van der Waals surface area contributed by atoms with Gasteiger partial charge in [0.1, 0.15) is 0 Å². The van der Waals surface area contributed by atoms with Crippen molar-refractivity contribution >= 4 is 17.6 Å². The largest absolute Gasteiger partial charge is 0.399 e. The molecule has 0 bridgehead atoms. The molecule has 1 saturated heterocycles. The van der Waals surface area contributed by atoms with Crippen molar-refractivity contribution in [2.75, 3.05) is 12.8 Å². The van der Waals surface area contributed by atoms with Gasteiger partial charge in [-0.25, -0.2) is 0 Å². The fraction of sp³-hybridized carbons (Fsp3) is 0.333. The summed E-state index contributed by atoms with van der Waals surface area (Å²) in [5, 5.41) is 21.6. The summed E-state index contributed by atoms with van der Waals surface area (Å²) in [6.45, 7) is 5.36. The number of benzene rings is 2. The van der Waals surface area contributed by atoms with Crippen LogP contribution >= 0.6 is 0 Å². The van der Waals surface area contributed by atoms with Gasteiger partial charge in [0.15, 0.2) is 5.96 Å². The fourth-order valence-electron chi connectivity index (χ4n) is 3.61. The highest BCUT2D eigenvalue weighted by molar-refractivity contribution is 6.02. The molecule has 142 valence electrons. The molecule has 2 atom stereocenters. The van der Waals surface area contributed by atoms with E-state index in [0.29, 0.717) is 5.69 Å². The number of anilines is 1. The van der Waals surface area contributed by atoms with E-state index in [4.69, 9.17) is 11.1 Å². The Hall–Kier alpha value is -2.86. The number of hydrogen-bond acceptors (Lipinski definition) is 4. The van der Waals surface area contributed by atoms with E-state index in [1.807, 2.05) is 49.4 Å². The van der Waals surface area contributed by atoms with E-state index < -0.39 is 17.1 Å². The molecule has 3 rings (SSSR count). The van der Waals surface area contributed by atoms with Crippen LogP contribution in [0.1, 0.15) is 43.4 Å². The summed E-state index contributed by atoms with van der Waals surface area (Å²) in [5.74, 6) is -0.664. The van der Waals surface area contributed by atoms with E-state index in [1.54, 1.807) is 27.0 Å². The predicted molar refractivity (Wildman–Crippen MR) is 106 cm³/mol. The van der Waals surface area contributed by atoms with Gasteiger partial charge in [-0.2, -0.15) is 0 Å². The molecule has 1 amide bonds. The highest BCUT2D eigenvalue weighted by Gasteiger charge is 2.48. The molecule has 6 nitrogen and oxygen atoms in total. The molecule has 2 aromatic rings. The quantitative estimate of drug-likeness (QED) is 0.627. The number of nitrogen functional groups attached to an aromatic ring is 1. The third kappa shape index (κ3) is 3.28. The van der Waals surface area contributed by atoms with Crippen molar-refractivity contribution in [3.05, 3.63) is 65.2 Å². The minimum absolute atomic E-state index is 0.0503. The van der Waals surface area contributed by atoms with Crippen LogP contribution in [-0.2, 0) is 15.9 Å². The molecule has 0 spiro atoms. The van der Waals surface area contributed by atoms with Crippen LogP contribution in [0.2, 0.25) is 0 Å². The molecule has 1 aliphatic rings. The standard InChI is InChI=1S/C21H26N4O2/c1-20(2,27)14-10-8-13(9-11-14)17-18(26)25(4)19(23)24-21(17,3)15-6-5-7-16(22)12-15/h5-12,17,27H,22H2,1-4H3,(H2,23,24)/t17-,21-/m1/s1. The normalized spacial score (nSPS) is 23.3. The predicted octanol–water partition coefficient (Wildman–Crippen LogP) is 2.49. The Morgan fingerprint density at radius 1 is 1.22 bits per heavy atom. The molecule has 0 saturated carbocycles. The van der Waals surface area contributed by atoms with Crippen LogP contribution in [0.15, 0.2) is 48.5 Å². The topological polar surface area (TPSA) is 102 Å². The SMILES string of the molecule is CN1C(=N)N[C@](C)(c2cccc(N)c2)[C@H](c2ccc(C(C)(C)O)cc2)C1=O. The summed E-state index contributed by atoms with van der Waals surface area (Å²) < 4.78 is 0. The lowest BCUT2D eigenvalue weighted by molar-refractivity contribution is -0.131. The van der Waals surface area contributed by atoms with E-state index in [0.717, 1.165) is 16.7 Å². The van der Waals surface area contributed by atoms with E-state index in [9.17, 15) is 9.90 Å². The molecule has 2 aromatic carbocycles. The first-order chi connectivity index (χ1) is 12.5. The van der Waals surface area contributed by atoms with Crippen molar-refractivity contribution in [1.29, 1.82) is 5.41 Å². The average Bonchev–Trinajstić information content (AvgIpc) is 2.59. The highest BCUT2D eigenvalue weighted by Crippen LogP contribution is 2.41. The van der Waals surface area contributed by atoms with Crippen LogP contribution < -0.4 is 11.1 Å². The van der Waals surface area contributed by atoms with Crippen LogP contribution in [0.25, 0.3) is 0 Å². The van der Waals surface area contributed by atoms with Crippen molar-refractivity contribution in [3.63, 3.8) is 0 Å². The molecule has 5 N–H and O–H groups in total. The number of nitrogens with two attached hydrogens (primary N) is 1. The number of aliphatic hydroxyl groups is 1. The summed E-state index contributed by atoms with van der Waals surface area (Å²) >= 11 is 0. The number of carbonyl (C=O) groups excluding carboxylic acids is 1. The number of nitrogens with one attached hydrogen (secondary N) is 2. The summed E-state index contributed by atoms with van der Waals surface area (Å²) in [7, 11) is 1.59. The maximum atomic E-state index is 13.2. The Morgan fingerprint density at radius 2 is 1.85 bits per heavy atom. The van der Waals surface area contributed by atoms with Gasteiger partial charge < -0.3 is 16.2 Å². The first-order valence-electron chi connectivity index (χ1n) is 8.87. The Labute approximate surface area is 159 Å². The fourth-order valence-corrected chi connectivity index (χ4v) is 3.61. The first-order valence-corrected chi connectivity index (χ1v) is 8.87. The summed E-state index contributed by atoms with van der Waals surface area (Å²) in [6, 6.07) is 14.8. The minimum atomic E-state index is -0.955. The Balaban J connectivity index is 2.13. The Kier molecular flexibility index (Phi) is 4.48. The van der Waals surface area contributed by atoms with Gasteiger partial charge in [0, 0.05) is 12.7 Å². The Morgan fingerprint density at radius 3 is 2.41 bits per heavy atom. The van der Waals surface area contributed by atoms with Crippen molar-refractivity contribution < 1.29 is 9.90 Å². The van der Waals surface area contributed by atoms with E-state index in [1.165, 1.54) is 4.90 Å². The van der Waals surface area contributed by atoms with Gasteiger partial charge >= 0.3 is 0 Å². The molecule has 0 radical (unpaired) electrons. The summed E-state index contributed by atoms with van der Waals surface area (Å²) in [4.78, 5) is 14.5. The summed E-state index contributed by atoms with van der Waals surface area (Å²) in [6.07, 6.45) is 0. The number of rotatable bonds is 3. The highest BCUT2D eigenvalue weighted by atomic mass is 16.3. The van der Waals surface area contributed by atoms with E-state index >= 15 is 0 Å². The second-order valence-electron chi connectivity index (χ2n) is 7.81. The van der Waals surface area contributed by atoms with Gasteiger partial charge in [0.25, 0.3) is 0 Å². The molecular formula is C21H26N4O2. The second kappa shape index (κ2) is 6.39. The van der Waals surface area contributed by atoms with Crippen LogP contribution in [-0.4, -0.2) is 28.9 Å². The lowest BCUT2D eigenvalue weighted by Gasteiger charge is -2.46. The van der Waals surface area contributed by atoms with Crippen molar-refractivity contribution in [3.8, 4) is 0 Å². The number of nitrogens with zero attached hydrogens (tertiary/aromatic N) is 1. The molecule has 27 heavy (non-hydrogen) atoms. The zero-order chi connectivity index (χ0) is 20.0. The molecule has 0 aliphatic carbocycles. The maximum Gasteiger partial charge on any atom is 0.239 e. The average molecular weight is 366 g/mol. The molecule has 1 aliphatic heterocycles. The Bertz CT molecular complexity index is 886. The molecule has 0 unspecified atom stereocenters. The third-order valence-electron chi connectivity index (χ3n) is 5.31. The number of amides is 1. The molecule has 0 aromatic heterocycles. The van der Waals surface area contributed by atoms with Gasteiger partial charge in [-0.1, -0.05) is 36.4 Å². The number of guanidine groups is 1. The van der Waals surface area contributed by atoms with Crippen LogP contribution in [0, 0.1) is 5.41 Å². The minimum Gasteiger partial charge on any atom is -0.399 e.